The van der Waals surface area contributed by atoms with E-state index in [1.165, 1.54) is 39.8 Å². The number of Topliss-reactive ketones (excluding diaryl/α,β-unsaturated/α-hetero) is 1. The number of ether oxygens (including phenoxy) is 3. The Labute approximate surface area is 170 Å². The van der Waals surface area contributed by atoms with Crippen LogP contribution in [0.5, 0.6) is 5.75 Å². The lowest BCUT2D eigenvalue weighted by atomic mass is 10.1. The summed E-state index contributed by atoms with van der Waals surface area (Å²) in [6, 6.07) is 2.92. The fraction of sp³-hybridized carbons (Fsp3) is 0.550. The molecular weight excluding hydrogens is 380 g/mol. The van der Waals surface area contributed by atoms with E-state index in [0.717, 1.165) is 0 Å². The molecule has 1 atom stereocenters. The molecule has 0 aromatic carbocycles. The fourth-order valence-corrected chi connectivity index (χ4v) is 1.87. The molecule has 1 aromatic heterocycles. The van der Waals surface area contributed by atoms with Crippen molar-refractivity contribution in [3.05, 3.63) is 23.5 Å². The van der Waals surface area contributed by atoms with E-state index >= 15 is 0 Å². The predicted octanol–water partition coefficient (Wildman–Crippen LogP) is 2.40. The minimum absolute atomic E-state index is 0. The van der Waals surface area contributed by atoms with Crippen LogP contribution in [0.2, 0.25) is 0 Å². The Balaban J connectivity index is 0.00000139. The average Bonchev–Trinajstić information content (AvgIpc) is 2.50. The van der Waals surface area contributed by atoms with Crippen LogP contribution in [-0.4, -0.2) is 34.2 Å². The SMILES string of the molecule is CC(=O)CC(OC(C)=O)c1ccc(OC(C)=O)c(COC(C)=O)n1.CC(C)(C)N. The zero-order valence-corrected chi connectivity index (χ0v) is 18.0. The molecule has 0 aliphatic rings. The van der Waals surface area contributed by atoms with Crippen LogP contribution in [-0.2, 0) is 35.3 Å². The molecular formula is C20H30N2O7. The van der Waals surface area contributed by atoms with Gasteiger partial charge in [0.1, 0.15) is 18.1 Å². The predicted molar refractivity (Wildman–Crippen MR) is 105 cm³/mol. The van der Waals surface area contributed by atoms with Crippen molar-refractivity contribution in [2.75, 3.05) is 0 Å². The molecule has 0 fully saturated rings. The monoisotopic (exact) mass is 410 g/mol. The van der Waals surface area contributed by atoms with Crippen molar-refractivity contribution < 1.29 is 33.4 Å². The summed E-state index contributed by atoms with van der Waals surface area (Å²) in [6.07, 6.45) is -0.922. The van der Waals surface area contributed by atoms with E-state index in [0.29, 0.717) is 5.69 Å². The third-order valence-electron chi connectivity index (χ3n) is 2.73. The second-order valence-corrected chi connectivity index (χ2v) is 7.43. The summed E-state index contributed by atoms with van der Waals surface area (Å²) in [7, 11) is 0. The van der Waals surface area contributed by atoms with Crippen LogP contribution in [0.3, 0.4) is 0 Å². The van der Waals surface area contributed by atoms with Crippen LogP contribution in [0, 0.1) is 0 Å². The molecule has 0 aliphatic heterocycles. The smallest absolute Gasteiger partial charge is 0.308 e. The van der Waals surface area contributed by atoms with Gasteiger partial charge in [-0.1, -0.05) is 0 Å². The maximum absolute atomic E-state index is 11.4. The summed E-state index contributed by atoms with van der Waals surface area (Å²) in [4.78, 5) is 48.9. The molecule has 1 unspecified atom stereocenters. The minimum atomic E-state index is -0.873. The van der Waals surface area contributed by atoms with Gasteiger partial charge in [0.25, 0.3) is 0 Å². The standard InChI is InChI=1S/C16H19NO7.C4H11N/c1-9(18)7-16(24-12(4)21)13-5-6-15(23-11(3)20)14(17-13)8-22-10(2)19;1-4(2,3)5/h5-6,16H,7-8H2,1-4H3;5H2,1-3H3. The highest BCUT2D eigenvalue weighted by Crippen LogP contribution is 2.25. The lowest BCUT2D eigenvalue weighted by Crippen LogP contribution is -2.26. The number of carbonyl (C=O) groups excluding carboxylic acids is 4. The van der Waals surface area contributed by atoms with Gasteiger partial charge in [-0.2, -0.15) is 0 Å². The first-order valence-electron chi connectivity index (χ1n) is 8.96. The van der Waals surface area contributed by atoms with Crippen molar-refractivity contribution in [2.45, 2.75) is 73.1 Å². The summed E-state index contributed by atoms with van der Waals surface area (Å²) in [5.41, 5.74) is 5.82. The Morgan fingerprint density at radius 3 is 1.97 bits per heavy atom. The van der Waals surface area contributed by atoms with Crippen LogP contribution in [0.15, 0.2) is 12.1 Å². The van der Waals surface area contributed by atoms with Gasteiger partial charge in [-0.15, -0.1) is 0 Å². The highest BCUT2D eigenvalue weighted by Gasteiger charge is 2.21. The number of nitrogens with two attached hydrogens (primary N) is 1. The molecule has 1 aromatic rings. The molecule has 0 spiro atoms. The lowest BCUT2D eigenvalue weighted by Gasteiger charge is -2.17. The average molecular weight is 410 g/mol. The first kappa shape index (κ1) is 26.2. The van der Waals surface area contributed by atoms with E-state index < -0.39 is 24.0 Å². The molecule has 1 rings (SSSR count). The molecule has 9 heteroatoms. The molecule has 0 radical (unpaired) electrons. The summed E-state index contributed by atoms with van der Waals surface area (Å²) in [5, 5.41) is 0. The zero-order chi connectivity index (χ0) is 22.8. The van der Waals surface area contributed by atoms with Gasteiger partial charge in [0, 0.05) is 32.7 Å². The van der Waals surface area contributed by atoms with Crippen molar-refractivity contribution >= 4 is 23.7 Å². The van der Waals surface area contributed by atoms with Gasteiger partial charge < -0.3 is 19.9 Å². The number of nitrogens with zero attached hydrogens (tertiary/aromatic N) is 1. The number of rotatable bonds is 7. The molecule has 0 aliphatic carbocycles. The van der Waals surface area contributed by atoms with E-state index in [1.807, 2.05) is 20.8 Å². The number of hydrogen-bond donors (Lipinski definition) is 1. The fourth-order valence-electron chi connectivity index (χ4n) is 1.87. The van der Waals surface area contributed by atoms with E-state index in [2.05, 4.69) is 4.98 Å². The minimum Gasteiger partial charge on any atom is -0.459 e. The van der Waals surface area contributed by atoms with E-state index in [9.17, 15) is 19.2 Å². The van der Waals surface area contributed by atoms with Crippen LogP contribution in [0.25, 0.3) is 0 Å². The summed E-state index contributed by atoms with van der Waals surface area (Å²) >= 11 is 0. The van der Waals surface area contributed by atoms with E-state index in [-0.39, 0.29) is 35.8 Å². The van der Waals surface area contributed by atoms with Gasteiger partial charge in [-0.25, -0.2) is 4.98 Å². The maximum Gasteiger partial charge on any atom is 0.308 e. The molecule has 9 nitrogen and oxygen atoms in total. The highest BCUT2D eigenvalue weighted by molar-refractivity contribution is 5.77. The topological polar surface area (TPSA) is 135 Å². The molecule has 162 valence electrons. The summed E-state index contributed by atoms with van der Waals surface area (Å²) in [5.74, 6) is -1.72. The summed E-state index contributed by atoms with van der Waals surface area (Å²) < 4.78 is 15.0. The van der Waals surface area contributed by atoms with Crippen molar-refractivity contribution in [1.29, 1.82) is 0 Å². The number of esters is 3. The maximum atomic E-state index is 11.4. The zero-order valence-electron chi connectivity index (χ0n) is 18.0. The van der Waals surface area contributed by atoms with Crippen LogP contribution in [0.1, 0.15) is 72.4 Å². The van der Waals surface area contributed by atoms with Gasteiger partial charge in [0.05, 0.1) is 5.69 Å². The lowest BCUT2D eigenvalue weighted by molar-refractivity contribution is -0.148. The summed E-state index contributed by atoms with van der Waals surface area (Å²) in [6.45, 7) is 10.7. The Morgan fingerprint density at radius 2 is 1.55 bits per heavy atom. The van der Waals surface area contributed by atoms with E-state index in [1.54, 1.807) is 0 Å². The Bertz CT molecular complexity index is 717. The number of aromatic nitrogens is 1. The Hall–Kier alpha value is -2.81. The van der Waals surface area contributed by atoms with Gasteiger partial charge in [-0.3, -0.25) is 19.2 Å². The molecule has 0 bridgehead atoms. The normalized spacial score (nSPS) is 11.4. The largest absolute Gasteiger partial charge is 0.459 e. The molecule has 0 saturated carbocycles. The second-order valence-electron chi connectivity index (χ2n) is 7.43. The Kier molecular flexibility index (Phi) is 10.7. The molecule has 0 amide bonds. The highest BCUT2D eigenvalue weighted by atomic mass is 16.6. The molecule has 2 N–H and O–H groups in total. The van der Waals surface area contributed by atoms with Gasteiger partial charge in [0.2, 0.25) is 0 Å². The first-order chi connectivity index (χ1) is 13.2. The van der Waals surface area contributed by atoms with E-state index in [4.69, 9.17) is 19.9 Å². The number of ketones is 1. The van der Waals surface area contributed by atoms with Crippen molar-refractivity contribution in [2.24, 2.45) is 5.73 Å². The van der Waals surface area contributed by atoms with Crippen molar-refractivity contribution in [3.63, 3.8) is 0 Å². The third kappa shape index (κ3) is 13.9. The van der Waals surface area contributed by atoms with Gasteiger partial charge >= 0.3 is 17.9 Å². The first-order valence-corrected chi connectivity index (χ1v) is 8.96. The molecule has 29 heavy (non-hydrogen) atoms. The number of pyridine rings is 1. The van der Waals surface area contributed by atoms with Crippen LogP contribution < -0.4 is 10.5 Å². The van der Waals surface area contributed by atoms with Crippen molar-refractivity contribution in [3.8, 4) is 5.75 Å². The van der Waals surface area contributed by atoms with Gasteiger partial charge in [0.15, 0.2) is 11.9 Å². The molecule has 0 saturated heterocycles. The second kappa shape index (κ2) is 11.9. The molecule has 1 heterocycles. The number of hydrogen-bond acceptors (Lipinski definition) is 9. The quantitative estimate of drug-likeness (QED) is 0.672. The third-order valence-corrected chi connectivity index (χ3v) is 2.73. The van der Waals surface area contributed by atoms with Crippen LogP contribution in [0.4, 0.5) is 0 Å². The number of carbonyl (C=O) groups is 4. The van der Waals surface area contributed by atoms with Crippen LogP contribution >= 0.6 is 0 Å². The van der Waals surface area contributed by atoms with Crippen molar-refractivity contribution in [1.82, 2.24) is 4.98 Å². The van der Waals surface area contributed by atoms with Gasteiger partial charge in [-0.05, 0) is 39.8 Å². The Morgan fingerprint density at radius 1 is 1.00 bits per heavy atom.